The second-order valence-corrected chi connectivity index (χ2v) is 6.60. The van der Waals surface area contributed by atoms with Gasteiger partial charge in [-0.15, -0.1) is 0 Å². The first-order valence-corrected chi connectivity index (χ1v) is 8.84. The van der Waals surface area contributed by atoms with Crippen LogP contribution in [0.25, 0.3) is 11.4 Å². The van der Waals surface area contributed by atoms with Crippen molar-refractivity contribution in [1.29, 1.82) is 0 Å². The van der Waals surface area contributed by atoms with Crippen LogP contribution in [0.2, 0.25) is 0 Å². The van der Waals surface area contributed by atoms with Gasteiger partial charge in [-0.25, -0.2) is 4.79 Å². The Labute approximate surface area is 170 Å². The fourth-order valence-corrected chi connectivity index (χ4v) is 2.74. The molecule has 0 aliphatic rings. The molecule has 0 unspecified atom stereocenters. The van der Waals surface area contributed by atoms with Crippen LogP contribution >= 0.6 is 0 Å². The molecule has 0 spiro atoms. The van der Waals surface area contributed by atoms with Crippen LogP contribution in [-0.4, -0.2) is 35.2 Å². The van der Waals surface area contributed by atoms with Gasteiger partial charge in [0.25, 0.3) is 0 Å². The van der Waals surface area contributed by atoms with Crippen molar-refractivity contribution in [3.63, 3.8) is 0 Å². The predicted octanol–water partition coefficient (Wildman–Crippen LogP) is 4.74. The van der Waals surface area contributed by atoms with Gasteiger partial charge in [-0.1, -0.05) is 22.9 Å². The molecule has 0 atom stereocenters. The quantitative estimate of drug-likeness (QED) is 0.645. The summed E-state index contributed by atoms with van der Waals surface area (Å²) in [6.07, 6.45) is -4.70. The van der Waals surface area contributed by atoms with Gasteiger partial charge >= 0.3 is 18.1 Å². The van der Waals surface area contributed by atoms with Crippen molar-refractivity contribution >= 4 is 11.7 Å². The first kappa shape index (κ1) is 21.2. The number of rotatable bonds is 5. The average Bonchev–Trinajstić information content (AvgIpc) is 3.19. The van der Waals surface area contributed by atoms with Crippen LogP contribution in [0.1, 0.15) is 17.0 Å². The number of hydrogen-bond donors (Lipinski definition) is 1. The molecule has 0 fully saturated rings. The van der Waals surface area contributed by atoms with E-state index in [2.05, 4.69) is 20.0 Å². The number of anilines is 1. The van der Waals surface area contributed by atoms with Crippen molar-refractivity contribution in [1.82, 2.24) is 15.0 Å². The van der Waals surface area contributed by atoms with Gasteiger partial charge in [-0.3, -0.25) is 0 Å². The topological polar surface area (TPSA) is 80.5 Å². The van der Waals surface area contributed by atoms with Crippen molar-refractivity contribution in [2.24, 2.45) is 0 Å². The molecule has 3 aromatic rings. The Bertz CT molecular complexity index is 1030. The Morgan fingerprint density at radius 1 is 1.20 bits per heavy atom. The fourth-order valence-electron chi connectivity index (χ4n) is 2.74. The second-order valence-electron chi connectivity index (χ2n) is 6.60. The molecule has 1 aromatic heterocycles. The molecule has 0 aliphatic carbocycles. The lowest BCUT2D eigenvalue weighted by Crippen LogP contribution is -2.31. The number of ether oxygens (including phenoxy) is 1. The highest BCUT2D eigenvalue weighted by Gasteiger charge is 2.38. The molecule has 2 aromatic carbocycles. The zero-order chi connectivity index (χ0) is 21.9. The number of methoxy groups -OCH3 is 1. The summed E-state index contributed by atoms with van der Waals surface area (Å²) < 4.78 is 47.3. The molecule has 1 N–H and O–H groups in total. The summed E-state index contributed by atoms with van der Waals surface area (Å²) >= 11 is 0. The predicted molar refractivity (Wildman–Crippen MR) is 103 cm³/mol. The van der Waals surface area contributed by atoms with E-state index in [9.17, 15) is 18.0 Å². The number of halogens is 3. The molecule has 0 radical (unpaired) electrons. The number of carbonyl (C=O) groups excluding carboxylic acids is 1. The number of aromatic nitrogens is 2. The lowest BCUT2D eigenvalue weighted by Gasteiger charge is -2.20. The van der Waals surface area contributed by atoms with E-state index in [4.69, 9.17) is 4.74 Å². The van der Waals surface area contributed by atoms with Gasteiger partial charge in [-0.05, 0) is 37.3 Å². The maximum atomic E-state index is 12.6. The highest BCUT2D eigenvalue weighted by molar-refractivity contribution is 5.89. The van der Waals surface area contributed by atoms with Crippen molar-refractivity contribution in [2.75, 3.05) is 19.5 Å². The molecule has 3 rings (SSSR count). The fraction of sp³-hybridized carbons (Fsp3) is 0.250. The molecule has 7 nitrogen and oxygen atoms in total. The van der Waals surface area contributed by atoms with E-state index in [1.165, 1.54) is 29.2 Å². The summed E-state index contributed by atoms with van der Waals surface area (Å²) in [6, 6.07) is 11.4. The number of nitrogens with one attached hydrogen (secondary N) is 1. The van der Waals surface area contributed by atoms with Crippen LogP contribution < -0.4 is 10.1 Å². The molecular weight excluding hydrogens is 401 g/mol. The molecule has 0 bridgehead atoms. The largest absolute Gasteiger partial charge is 0.496 e. The van der Waals surface area contributed by atoms with E-state index in [1.807, 2.05) is 25.1 Å². The minimum Gasteiger partial charge on any atom is -0.496 e. The van der Waals surface area contributed by atoms with Crippen molar-refractivity contribution in [2.45, 2.75) is 19.6 Å². The number of urea groups is 1. The summed E-state index contributed by atoms with van der Waals surface area (Å²) in [6.45, 7) is 2.28. The van der Waals surface area contributed by atoms with Crippen LogP contribution in [0.15, 0.2) is 47.0 Å². The lowest BCUT2D eigenvalue weighted by atomic mass is 10.1. The number of alkyl halides is 3. The summed E-state index contributed by atoms with van der Waals surface area (Å²) in [5, 5.41) is 6.05. The van der Waals surface area contributed by atoms with E-state index in [0.29, 0.717) is 23.5 Å². The van der Waals surface area contributed by atoms with Gasteiger partial charge < -0.3 is 19.5 Å². The maximum absolute atomic E-state index is 12.6. The second kappa shape index (κ2) is 8.44. The Morgan fingerprint density at radius 2 is 1.90 bits per heavy atom. The van der Waals surface area contributed by atoms with Gasteiger partial charge in [0.05, 0.1) is 13.7 Å². The van der Waals surface area contributed by atoms with Crippen molar-refractivity contribution in [3.05, 3.63) is 59.5 Å². The molecule has 30 heavy (non-hydrogen) atoms. The SMILES string of the molecule is COc1ccc(C)cc1CN(C)C(=O)Nc1ccc(-c2noc(C(F)(F)F)n2)cc1. The third kappa shape index (κ3) is 4.88. The first-order valence-electron chi connectivity index (χ1n) is 8.84. The summed E-state index contributed by atoms with van der Waals surface area (Å²) in [7, 11) is 3.21. The van der Waals surface area contributed by atoms with E-state index in [1.54, 1.807) is 14.2 Å². The van der Waals surface area contributed by atoms with Crippen LogP contribution in [0.4, 0.5) is 23.7 Å². The highest BCUT2D eigenvalue weighted by atomic mass is 19.4. The van der Waals surface area contributed by atoms with Crippen LogP contribution in [0.3, 0.4) is 0 Å². The summed E-state index contributed by atoms with van der Waals surface area (Å²) in [5.74, 6) is -0.921. The third-order valence-corrected chi connectivity index (χ3v) is 4.25. The van der Waals surface area contributed by atoms with Gasteiger partial charge in [-0.2, -0.15) is 18.2 Å². The standard InChI is InChI=1S/C20H19F3N4O3/c1-12-4-9-16(29-3)14(10-12)11-27(2)19(28)24-15-7-5-13(6-8-15)17-25-18(30-26-17)20(21,22)23/h4-10H,11H2,1-3H3,(H,24,28). The van der Waals surface area contributed by atoms with Gasteiger partial charge in [0, 0.05) is 23.9 Å². The molecule has 1 heterocycles. The number of aryl methyl sites for hydroxylation is 1. The first-order chi connectivity index (χ1) is 14.2. The Hall–Kier alpha value is -3.56. The van der Waals surface area contributed by atoms with E-state index in [0.717, 1.165) is 11.1 Å². The van der Waals surface area contributed by atoms with E-state index >= 15 is 0 Å². The molecule has 158 valence electrons. The van der Waals surface area contributed by atoms with Crippen LogP contribution in [0, 0.1) is 6.92 Å². The lowest BCUT2D eigenvalue weighted by molar-refractivity contribution is -0.159. The Morgan fingerprint density at radius 3 is 2.50 bits per heavy atom. The summed E-state index contributed by atoms with van der Waals surface area (Å²) in [4.78, 5) is 17.3. The molecule has 2 amide bonds. The number of hydrogen-bond acceptors (Lipinski definition) is 5. The molecule has 0 aliphatic heterocycles. The Kier molecular flexibility index (Phi) is 5.95. The third-order valence-electron chi connectivity index (χ3n) is 4.25. The van der Waals surface area contributed by atoms with E-state index in [-0.39, 0.29) is 11.9 Å². The molecule has 0 saturated carbocycles. The van der Waals surface area contributed by atoms with Crippen molar-refractivity contribution < 1.29 is 27.2 Å². The summed E-state index contributed by atoms with van der Waals surface area (Å²) in [5.41, 5.74) is 2.70. The van der Waals surface area contributed by atoms with Crippen LogP contribution in [0.5, 0.6) is 5.75 Å². The van der Waals surface area contributed by atoms with Gasteiger partial charge in [0.1, 0.15) is 5.75 Å². The minimum atomic E-state index is -4.70. The smallest absolute Gasteiger partial charge is 0.471 e. The zero-order valence-electron chi connectivity index (χ0n) is 16.4. The number of carbonyl (C=O) groups is 1. The Balaban J connectivity index is 1.66. The molecular formula is C20H19F3N4O3. The maximum Gasteiger partial charge on any atom is 0.471 e. The molecule has 10 heteroatoms. The van der Waals surface area contributed by atoms with Gasteiger partial charge in [0.2, 0.25) is 5.82 Å². The van der Waals surface area contributed by atoms with E-state index < -0.39 is 12.1 Å². The average molecular weight is 420 g/mol. The minimum absolute atomic E-state index is 0.191. The highest BCUT2D eigenvalue weighted by Crippen LogP contribution is 2.29. The number of nitrogens with zero attached hydrogens (tertiary/aromatic N) is 3. The van der Waals surface area contributed by atoms with Gasteiger partial charge in [0.15, 0.2) is 0 Å². The normalized spacial score (nSPS) is 11.3. The van der Waals surface area contributed by atoms with Crippen molar-refractivity contribution in [3.8, 4) is 17.1 Å². The van der Waals surface area contributed by atoms with Crippen LogP contribution in [-0.2, 0) is 12.7 Å². The molecule has 0 saturated heterocycles. The number of amides is 2. The zero-order valence-corrected chi connectivity index (χ0v) is 16.4. The monoisotopic (exact) mass is 420 g/mol. The number of benzene rings is 2.